The number of anilines is 1. The van der Waals surface area contributed by atoms with Crippen LogP contribution >= 0.6 is 0 Å². The van der Waals surface area contributed by atoms with Gasteiger partial charge >= 0.3 is 0 Å². The Balaban J connectivity index is 1.88. The van der Waals surface area contributed by atoms with Crippen LogP contribution < -0.4 is 10.6 Å². The van der Waals surface area contributed by atoms with Crippen molar-refractivity contribution in [2.24, 2.45) is 0 Å². The molecule has 0 heterocycles. The van der Waals surface area contributed by atoms with E-state index in [2.05, 4.69) is 29.7 Å². The molecule has 0 aliphatic rings. The van der Waals surface area contributed by atoms with Crippen molar-refractivity contribution in [2.45, 2.75) is 32.7 Å². The molecule has 1 amide bonds. The van der Waals surface area contributed by atoms with E-state index < -0.39 is 0 Å². The highest BCUT2D eigenvalue weighted by atomic mass is 16.2. The van der Waals surface area contributed by atoms with Gasteiger partial charge in [-0.25, -0.2) is 0 Å². The molecule has 24 heavy (non-hydrogen) atoms. The van der Waals surface area contributed by atoms with Gasteiger partial charge < -0.3 is 10.6 Å². The van der Waals surface area contributed by atoms with E-state index in [9.17, 15) is 9.59 Å². The Labute approximate surface area is 143 Å². The van der Waals surface area contributed by atoms with Gasteiger partial charge in [-0.1, -0.05) is 49.4 Å². The highest BCUT2D eigenvalue weighted by Gasteiger charge is 2.14. The van der Waals surface area contributed by atoms with Crippen molar-refractivity contribution < 1.29 is 9.59 Å². The maximum absolute atomic E-state index is 12.3. The molecule has 0 unspecified atom stereocenters. The molecule has 0 fully saturated rings. The normalized spacial score (nSPS) is 13.0. The molecule has 0 saturated carbocycles. The maximum atomic E-state index is 12.3. The van der Waals surface area contributed by atoms with Crippen LogP contribution in [0.15, 0.2) is 54.6 Å². The lowest BCUT2D eigenvalue weighted by Gasteiger charge is -2.18. The molecule has 0 bridgehead atoms. The number of carbonyl (C=O) groups excluding carboxylic acids is 2. The standard InChI is InChI=1S/C20H24N2O2/c1-14(17-8-5-4-6-9-17)13-21-20(24)15(2)22-19-11-7-10-18(12-19)16(3)23/h4-12,14-15,22H,13H2,1-3H3,(H,21,24)/t14-,15-/m0/s1. The van der Waals surface area contributed by atoms with Crippen molar-refractivity contribution >= 4 is 17.4 Å². The van der Waals surface area contributed by atoms with E-state index >= 15 is 0 Å². The summed E-state index contributed by atoms with van der Waals surface area (Å²) in [6, 6.07) is 16.9. The van der Waals surface area contributed by atoms with Gasteiger partial charge in [-0.2, -0.15) is 0 Å². The first-order valence-corrected chi connectivity index (χ1v) is 8.17. The molecular weight excluding hydrogens is 300 g/mol. The zero-order chi connectivity index (χ0) is 17.5. The third-order valence-corrected chi connectivity index (χ3v) is 4.00. The number of ketones is 1. The lowest BCUT2D eigenvalue weighted by Crippen LogP contribution is -2.39. The van der Waals surface area contributed by atoms with E-state index in [0.29, 0.717) is 12.1 Å². The van der Waals surface area contributed by atoms with Crippen molar-refractivity contribution in [3.63, 3.8) is 0 Å². The first kappa shape index (κ1) is 17.7. The summed E-state index contributed by atoms with van der Waals surface area (Å²) in [4.78, 5) is 23.7. The summed E-state index contributed by atoms with van der Waals surface area (Å²) in [7, 11) is 0. The van der Waals surface area contributed by atoms with Gasteiger partial charge in [0.25, 0.3) is 0 Å². The topological polar surface area (TPSA) is 58.2 Å². The van der Waals surface area contributed by atoms with Crippen LogP contribution in [-0.4, -0.2) is 24.3 Å². The molecule has 4 nitrogen and oxygen atoms in total. The second kappa shape index (κ2) is 8.29. The minimum absolute atomic E-state index is 0.00689. The van der Waals surface area contributed by atoms with Crippen LogP contribution in [-0.2, 0) is 4.79 Å². The molecule has 0 saturated heterocycles. The largest absolute Gasteiger partial charge is 0.374 e. The Morgan fingerprint density at radius 2 is 1.71 bits per heavy atom. The van der Waals surface area contributed by atoms with Crippen LogP contribution in [0.1, 0.15) is 42.6 Å². The van der Waals surface area contributed by atoms with Crippen LogP contribution in [0.25, 0.3) is 0 Å². The highest BCUT2D eigenvalue weighted by Crippen LogP contribution is 2.14. The molecule has 0 aliphatic carbocycles. The highest BCUT2D eigenvalue weighted by molar-refractivity contribution is 5.95. The molecule has 4 heteroatoms. The Bertz CT molecular complexity index is 698. The SMILES string of the molecule is CC(=O)c1cccc(N[C@@H](C)C(=O)NC[C@H](C)c2ccccc2)c1. The number of nitrogens with one attached hydrogen (secondary N) is 2. The van der Waals surface area contributed by atoms with Gasteiger partial charge in [0.1, 0.15) is 6.04 Å². The van der Waals surface area contributed by atoms with E-state index in [1.54, 1.807) is 18.2 Å². The lowest BCUT2D eigenvalue weighted by molar-refractivity contribution is -0.121. The minimum Gasteiger partial charge on any atom is -0.374 e. The Hall–Kier alpha value is -2.62. The molecule has 2 aromatic rings. The van der Waals surface area contributed by atoms with Gasteiger partial charge in [0.15, 0.2) is 5.78 Å². The second-order valence-corrected chi connectivity index (χ2v) is 6.06. The zero-order valence-electron chi connectivity index (χ0n) is 14.4. The average molecular weight is 324 g/mol. The van der Waals surface area contributed by atoms with Crippen molar-refractivity contribution in [1.82, 2.24) is 5.32 Å². The summed E-state index contributed by atoms with van der Waals surface area (Å²) in [5, 5.41) is 6.11. The van der Waals surface area contributed by atoms with E-state index in [-0.39, 0.29) is 23.7 Å². The van der Waals surface area contributed by atoms with Crippen molar-refractivity contribution in [2.75, 3.05) is 11.9 Å². The second-order valence-electron chi connectivity index (χ2n) is 6.06. The minimum atomic E-state index is -0.379. The summed E-state index contributed by atoms with van der Waals surface area (Å²) in [5.74, 6) is 0.196. The molecular formula is C20H24N2O2. The number of hydrogen-bond donors (Lipinski definition) is 2. The maximum Gasteiger partial charge on any atom is 0.242 e. The fraction of sp³-hybridized carbons (Fsp3) is 0.300. The summed E-state index contributed by atoms with van der Waals surface area (Å²) >= 11 is 0. The molecule has 126 valence electrons. The van der Waals surface area contributed by atoms with Gasteiger partial charge in [0, 0.05) is 17.8 Å². The molecule has 2 rings (SSSR count). The molecule has 2 N–H and O–H groups in total. The van der Waals surface area contributed by atoms with E-state index in [1.807, 2.05) is 31.2 Å². The van der Waals surface area contributed by atoms with E-state index in [1.165, 1.54) is 12.5 Å². The molecule has 0 aliphatic heterocycles. The number of hydrogen-bond acceptors (Lipinski definition) is 3. The average Bonchev–Trinajstić information content (AvgIpc) is 2.60. The molecule has 0 radical (unpaired) electrons. The Morgan fingerprint density at radius 1 is 1.00 bits per heavy atom. The Morgan fingerprint density at radius 3 is 2.38 bits per heavy atom. The number of benzene rings is 2. The van der Waals surface area contributed by atoms with E-state index in [0.717, 1.165) is 5.69 Å². The molecule has 0 spiro atoms. The van der Waals surface area contributed by atoms with Crippen LogP contribution in [0.3, 0.4) is 0 Å². The van der Waals surface area contributed by atoms with Crippen LogP contribution in [0.4, 0.5) is 5.69 Å². The first-order valence-electron chi connectivity index (χ1n) is 8.17. The predicted octanol–water partition coefficient (Wildman–Crippen LogP) is 3.61. The van der Waals surface area contributed by atoms with Gasteiger partial charge in [0.05, 0.1) is 0 Å². The van der Waals surface area contributed by atoms with Crippen LogP contribution in [0.2, 0.25) is 0 Å². The van der Waals surface area contributed by atoms with Crippen molar-refractivity contribution in [3.8, 4) is 0 Å². The van der Waals surface area contributed by atoms with Gasteiger partial charge in [0.2, 0.25) is 5.91 Å². The predicted molar refractivity (Wildman–Crippen MR) is 97.4 cm³/mol. The van der Waals surface area contributed by atoms with Crippen molar-refractivity contribution in [3.05, 3.63) is 65.7 Å². The summed E-state index contributed by atoms with van der Waals surface area (Å²) in [6.45, 7) is 6.01. The van der Waals surface area contributed by atoms with Crippen LogP contribution in [0.5, 0.6) is 0 Å². The van der Waals surface area contributed by atoms with Gasteiger partial charge in [-0.3, -0.25) is 9.59 Å². The first-order chi connectivity index (χ1) is 11.5. The number of amides is 1. The molecule has 2 aromatic carbocycles. The van der Waals surface area contributed by atoms with E-state index in [4.69, 9.17) is 0 Å². The Kier molecular flexibility index (Phi) is 6.13. The molecule has 0 aromatic heterocycles. The zero-order valence-corrected chi connectivity index (χ0v) is 14.4. The summed E-state index contributed by atoms with van der Waals surface area (Å²) < 4.78 is 0. The number of carbonyl (C=O) groups is 2. The fourth-order valence-corrected chi connectivity index (χ4v) is 2.45. The number of Topliss-reactive ketones (excluding diaryl/α,β-unsaturated/α-hetero) is 1. The monoisotopic (exact) mass is 324 g/mol. The smallest absolute Gasteiger partial charge is 0.242 e. The summed E-state index contributed by atoms with van der Waals surface area (Å²) in [6.07, 6.45) is 0. The van der Waals surface area contributed by atoms with Crippen LogP contribution in [0, 0.1) is 0 Å². The third-order valence-electron chi connectivity index (χ3n) is 4.00. The summed E-state index contributed by atoms with van der Waals surface area (Å²) in [5.41, 5.74) is 2.60. The van der Waals surface area contributed by atoms with Gasteiger partial charge in [-0.15, -0.1) is 0 Å². The lowest BCUT2D eigenvalue weighted by atomic mass is 10.0. The molecule has 2 atom stereocenters. The van der Waals surface area contributed by atoms with Gasteiger partial charge in [-0.05, 0) is 37.5 Å². The van der Waals surface area contributed by atoms with Crippen molar-refractivity contribution in [1.29, 1.82) is 0 Å². The quantitative estimate of drug-likeness (QED) is 0.765. The number of rotatable bonds is 7. The third kappa shape index (κ3) is 4.95. The fourth-order valence-electron chi connectivity index (χ4n) is 2.45.